The van der Waals surface area contributed by atoms with Crippen molar-refractivity contribution in [3.63, 3.8) is 0 Å². The lowest BCUT2D eigenvalue weighted by Gasteiger charge is -2.07. The Labute approximate surface area is 113 Å². The summed E-state index contributed by atoms with van der Waals surface area (Å²) in [5.74, 6) is 1.06. The average Bonchev–Trinajstić information content (AvgIpc) is 2.29. The number of ether oxygens (including phenoxy) is 1. The van der Waals surface area contributed by atoms with Gasteiger partial charge >= 0.3 is 0 Å². The summed E-state index contributed by atoms with van der Waals surface area (Å²) >= 11 is 17.4. The van der Waals surface area contributed by atoms with Gasteiger partial charge in [0.2, 0.25) is 0 Å². The highest BCUT2D eigenvalue weighted by Gasteiger charge is 2.04. The zero-order valence-corrected chi connectivity index (χ0v) is 10.7. The van der Waals surface area contributed by atoms with Gasteiger partial charge in [-0.05, 0) is 24.3 Å². The van der Waals surface area contributed by atoms with E-state index >= 15 is 0 Å². The Kier molecular flexibility index (Phi) is 3.67. The minimum atomic E-state index is 0.00755. The normalized spacial score (nSPS) is 10.3. The molecule has 0 saturated heterocycles. The van der Waals surface area contributed by atoms with E-state index in [9.17, 15) is 5.11 Å². The first-order valence-corrected chi connectivity index (χ1v) is 5.81. The van der Waals surface area contributed by atoms with Crippen molar-refractivity contribution in [1.82, 2.24) is 0 Å². The van der Waals surface area contributed by atoms with Gasteiger partial charge in [-0.25, -0.2) is 0 Å². The zero-order chi connectivity index (χ0) is 12.4. The molecule has 0 heterocycles. The van der Waals surface area contributed by atoms with Crippen molar-refractivity contribution in [2.75, 3.05) is 0 Å². The summed E-state index contributed by atoms with van der Waals surface area (Å²) in [4.78, 5) is 0. The molecule has 0 aliphatic heterocycles. The third-order valence-electron chi connectivity index (χ3n) is 2.05. The molecular formula is C12H7Cl3O2. The van der Waals surface area contributed by atoms with Gasteiger partial charge in [-0.15, -0.1) is 0 Å². The Morgan fingerprint density at radius 1 is 0.765 bits per heavy atom. The van der Waals surface area contributed by atoms with Crippen LogP contribution in [0.25, 0.3) is 0 Å². The summed E-state index contributed by atoms with van der Waals surface area (Å²) in [7, 11) is 0. The van der Waals surface area contributed by atoms with Crippen LogP contribution in [0, 0.1) is 0 Å². The van der Waals surface area contributed by atoms with Crippen molar-refractivity contribution in [2.24, 2.45) is 0 Å². The van der Waals surface area contributed by atoms with Crippen molar-refractivity contribution < 1.29 is 9.84 Å². The fourth-order valence-electron chi connectivity index (χ4n) is 1.23. The Balaban J connectivity index is 2.25. The molecule has 0 aliphatic rings. The first-order valence-electron chi connectivity index (χ1n) is 4.67. The van der Waals surface area contributed by atoms with E-state index in [1.54, 1.807) is 24.3 Å². The number of hydrogen-bond donors (Lipinski definition) is 1. The molecule has 0 bridgehead atoms. The second-order valence-corrected chi connectivity index (χ2v) is 4.51. The van der Waals surface area contributed by atoms with E-state index in [0.717, 1.165) is 0 Å². The number of phenolic OH excluding ortho intramolecular Hbond substituents is 1. The molecule has 0 saturated carbocycles. The van der Waals surface area contributed by atoms with Crippen molar-refractivity contribution in [2.45, 2.75) is 0 Å². The molecule has 17 heavy (non-hydrogen) atoms. The van der Waals surface area contributed by atoms with Gasteiger partial charge in [0.1, 0.15) is 17.2 Å². The van der Waals surface area contributed by atoms with Gasteiger partial charge in [0, 0.05) is 12.1 Å². The minimum absolute atomic E-state index is 0.00755. The Bertz CT molecular complexity index is 506. The molecule has 88 valence electrons. The minimum Gasteiger partial charge on any atom is -0.506 e. The molecule has 0 atom stereocenters. The fourth-order valence-corrected chi connectivity index (χ4v) is 1.69. The second-order valence-electron chi connectivity index (χ2n) is 3.29. The monoisotopic (exact) mass is 288 g/mol. The van der Waals surface area contributed by atoms with E-state index < -0.39 is 0 Å². The van der Waals surface area contributed by atoms with Gasteiger partial charge in [-0.2, -0.15) is 0 Å². The van der Waals surface area contributed by atoms with Gasteiger partial charge in [-0.3, -0.25) is 0 Å². The predicted octanol–water partition coefficient (Wildman–Crippen LogP) is 5.14. The van der Waals surface area contributed by atoms with Crippen LogP contribution >= 0.6 is 34.8 Å². The molecule has 2 aromatic rings. The lowest BCUT2D eigenvalue weighted by atomic mass is 10.3. The lowest BCUT2D eigenvalue weighted by molar-refractivity contribution is 0.464. The topological polar surface area (TPSA) is 29.5 Å². The molecule has 0 unspecified atom stereocenters. The highest BCUT2D eigenvalue weighted by molar-refractivity contribution is 6.42. The number of aromatic hydroxyl groups is 1. The lowest BCUT2D eigenvalue weighted by Crippen LogP contribution is -1.84. The SMILES string of the molecule is Oc1ccc(Oc2ccc(Cl)c(Cl)c2)cc1Cl. The van der Waals surface area contributed by atoms with Crippen LogP contribution in [-0.2, 0) is 0 Å². The summed E-state index contributed by atoms with van der Waals surface area (Å²) in [5, 5.41) is 10.4. The molecule has 0 aromatic heterocycles. The largest absolute Gasteiger partial charge is 0.506 e. The van der Waals surface area contributed by atoms with Crippen LogP contribution in [-0.4, -0.2) is 5.11 Å². The molecule has 0 fully saturated rings. The molecule has 2 aromatic carbocycles. The summed E-state index contributed by atoms with van der Waals surface area (Å²) in [6.07, 6.45) is 0. The first-order chi connectivity index (χ1) is 8.06. The predicted molar refractivity (Wildman–Crippen MR) is 69.7 cm³/mol. The van der Waals surface area contributed by atoms with Crippen LogP contribution in [0.1, 0.15) is 0 Å². The molecule has 5 heteroatoms. The number of halogens is 3. The molecule has 1 N–H and O–H groups in total. The molecule has 0 aliphatic carbocycles. The third kappa shape index (κ3) is 2.97. The summed E-state index contributed by atoms with van der Waals surface area (Å²) in [5.41, 5.74) is 0. The molecule has 2 rings (SSSR count). The van der Waals surface area contributed by atoms with Crippen LogP contribution < -0.4 is 4.74 Å². The number of phenols is 1. The number of hydrogen-bond acceptors (Lipinski definition) is 2. The number of benzene rings is 2. The Hall–Kier alpha value is -1.09. The highest BCUT2D eigenvalue weighted by Crippen LogP contribution is 2.32. The van der Waals surface area contributed by atoms with Crippen LogP contribution in [0.5, 0.6) is 17.2 Å². The molecule has 0 amide bonds. The quantitative estimate of drug-likeness (QED) is 0.829. The first kappa shape index (κ1) is 12.4. The van der Waals surface area contributed by atoms with E-state index in [1.165, 1.54) is 12.1 Å². The Morgan fingerprint density at radius 3 is 1.94 bits per heavy atom. The van der Waals surface area contributed by atoms with E-state index in [4.69, 9.17) is 39.5 Å². The maximum atomic E-state index is 9.26. The summed E-state index contributed by atoms with van der Waals surface area (Å²) < 4.78 is 5.51. The third-order valence-corrected chi connectivity index (χ3v) is 3.09. The highest BCUT2D eigenvalue weighted by atomic mass is 35.5. The van der Waals surface area contributed by atoms with Gasteiger partial charge < -0.3 is 9.84 Å². The van der Waals surface area contributed by atoms with Crippen LogP contribution in [0.15, 0.2) is 36.4 Å². The smallest absolute Gasteiger partial charge is 0.134 e. The molecule has 2 nitrogen and oxygen atoms in total. The summed E-state index contributed by atoms with van der Waals surface area (Å²) in [6, 6.07) is 9.50. The van der Waals surface area contributed by atoms with Gasteiger partial charge in [0.15, 0.2) is 0 Å². The van der Waals surface area contributed by atoms with Gasteiger partial charge in [0.25, 0.3) is 0 Å². The van der Waals surface area contributed by atoms with E-state index in [0.29, 0.717) is 21.5 Å². The van der Waals surface area contributed by atoms with Crippen molar-refractivity contribution >= 4 is 34.8 Å². The molecule has 0 radical (unpaired) electrons. The van der Waals surface area contributed by atoms with Crippen LogP contribution in [0.4, 0.5) is 0 Å². The fraction of sp³-hybridized carbons (Fsp3) is 0. The van der Waals surface area contributed by atoms with E-state index in [1.807, 2.05) is 0 Å². The molecule has 0 spiro atoms. The average molecular weight is 290 g/mol. The van der Waals surface area contributed by atoms with Crippen molar-refractivity contribution in [3.8, 4) is 17.2 Å². The maximum absolute atomic E-state index is 9.26. The summed E-state index contributed by atoms with van der Waals surface area (Å²) in [6.45, 7) is 0. The molecular weight excluding hydrogens is 282 g/mol. The van der Waals surface area contributed by atoms with Crippen LogP contribution in [0.2, 0.25) is 15.1 Å². The number of rotatable bonds is 2. The Morgan fingerprint density at radius 2 is 1.35 bits per heavy atom. The van der Waals surface area contributed by atoms with Gasteiger partial charge in [-0.1, -0.05) is 34.8 Å². The van der Waals surface area contributed by atoms with E-state index in [2.05, 4.69) is 0 Å². The maximum Gasteiger partial charge on any atom is 0.134 e. The van der Waals surface area contributed by atoms with Crippen LogP contribution in [0.3, 0.4) is 0 Å². The van der Waals surface area contributed by atoms with Gasteiger partial charge in [0.05, 0.1) is 15.1 Å². The van der Waals surface area contributed by atoms with Crippen molar-refractivity contribution in [1.29, 1.82) is 0 Å². The van der Waals surface area contributed by atoms with Crippen molar-refractivity contribution in [3.05, 3.63) is 51.5 Å². The standard InChI is InChI=1S/C12H7Cl3O2/c13-9-3-1-7(5-10(9)14)17-8-2-4-12(16)11(15)6-8/h1-6,16H. The van der Waals surface area contributed by atoms with E-state index in [-0.39, 0.29) is 10.8 Å². The second kappa shape index (κ2) is 5.05. The zero-order valence-electron chi connectivity index (χ0n) is 8.45.